The van der Waals surface area contributed by atoms with Gasteiger partial charge in [-0.1, -0.05) is 6.92 Å². The molecule has 0 saturated carbocycles. The number of halogens is 1. The molecule has 1 unspecified atom stereocenters. The van der Waals surface area contributed by atoms with E-state index < -0.39 is 0 Å². The molecule has 21 heavy (non-hydrogen) atoms. The molecule has 1 atom stereocenters. The molecule has 0 aromatic heterocycles. The Kier molecular flexibility index (Phi) is 8.26. The molecule has 0 aliphatic carbocycles. The third-order valence-electron chi connectivity index (χ3n) is 4.54. The van der Waals surface area contributed by atoms with Crippen molar-refractivity contribution in [3.63, 3.8) is 0 Å². The van der Waals surface area contributed by atoms with E-state index in [2.05, 4.69) is 36.0 Å². The van der Waals surface area contributed by atoms with Crippen molar-refractivity contribution in [2.24, 2.45) is 10.4 Å². The zero-order chi connectivity index (χ0) is 14.4. The first-order valence-electron chi connectivity index (χ1n) is 7.98. The number of nitrogens with zero attached hydrogens (tertiary/aromatic N) is 3. The van der Waals surface area contributed by atoms with Crippen LogP contribution in [-0.2, 0) is 4.74 Å². The average molecular weight is 410 g/mol. The topological polar surface area (TPSA) is 40.1 Å². The highest BCUT2D eigenvalue weighted by atomic mass is 127. The third kappa shape index (κ3) is 5.25. The maximum absolute atomic E-state index is 5.60. The van der Waals surface area contributed by atoms with Crippen LogP contribution in [0.3, 0.4) is 0 Å². The first-order chi connectivity index (χ1) is 9.69. The van der Waals surface area contributed by atoms with Gasteiger partial charge in [0, 0.05) is 38.2 Å². The van der Waals surface area contributed by atoms with Gasteiger partial charge in [0.05, 0.1) is 13.2 Å². The van der Waals surface area contributed by atoms with Gasteiger partial charge < -0.3 is 19.9 Å². The Bertz CT molecular complexity index is 332. The van der Waals surface area contributed by atoms with E-state index in [4.69, 9.17) is 9.73 Å². The van der Waals surface area contributed by atoms with E-state index in [0.29, 0.717) is 5.41 Å². The Hall–Kier alpha value is -0.0800. The van der Waals surface area contributed by atoms with Crippen molar-refractivity contribution in [3.05, 3.63) is 0 Å². The van der Waals surface area contributed by atoms with Gasteiger partial charge in [0.1, 0.15) is 0 Å². The summed E-state index contributed by atoms with van der Waals surface area (Å²) in [5, 5.41) is 3.44. The molecule has 0 radical (unpaired) electrons. The molecule has 2 saturated heterocycles. The fourth-order valence-corrected chi connectivity index (χ4v) is 3.00. The van der Waals surface area contributed by atoms with E-state index in [1.807, 2.05) is 0 Å². The van der Waals surface area contributed by atoms with Gasteiger partial charge in [0.15, 0.2) is 5.96 Å². The van der Waals surface area contributed by atoms with Gasteiger partial charge in [0.25, 0.3) is 0 Å². The van der Waals surface area contributed by atoms with Crippen LogP contribution in [0.1, 0.15) is 26.7 Å². The number of likely N-dealkylation sites (tertiary alicyclic amines) is 1. The molecule has 0 amide bonds. The minimum Gasteiger partial charge on any atom is -0.381 e. The summed E-state index contributed by atoms with van der Waals surface area (Å²) in [5.41, 5.74) is 0.399. The summed E-state index contributed by atoms with van der Waals surface area (Å²) in [6, 6.07) is 0. The summed E-state index contributed by atoms with van der Waals surface area (Å²) in [5.74, 6) is 1.08. The minimum absolute atomic E-state index is 0. The Morgan fingerprint density at radius 1 is 1.38 bits per heavy atom. The molecule has 124 valence electrons. The van der Waals surface area contributed by atoms with Crippen molar-refractivity contribution in [3.8, 4) is 0 Å². The molecule has 0 bridgehead atoms. The summed E-state index contributed by atoms with van der Waals surface area (Å²) in [7, 11) is 2.14. The Labute approximate surface area is 146 Å². The van der Waals surface area contributed by atoms with E-state index in [1.54, 1.807) is 0 Å². The highest BCUT2D eigenvalue weighted by Gasteiger charge is 2.42. The maximum Gasteiger partial charge on any atom is 0.193 e. The molecule has 1 spiro atoms. The van der Waals surface area contributed by atoms with Crippen molar-refractivity contribution in [1.29, 1.82) is 0 Å². The van der Waals surface area contributed by atoms with Crippen molar-refractivity contribution < 1.29 is 4.74 Å². The van der Waals surface area contributed by atoms with Gasteiger partial charge in [0.2, 0.25) is 0 Å². The monoisotopic (exact) mass is 410 g/mol. The first kappa shape index (κ1) is 19.0. The van der Waals surface area contributed by atoms with Crippen LogP contribution in [0.5, 0.6) is 0 Å². The van der Waals surface area contributed by atoms with Crippen LogP contribution in [0.2, 0.25) is 0 Å². The lowest BCUT2D eigenvalue weighted by Gasteiger charge is -2.25. The summed E-state index contributed by atoms with van der Waals surface area (Å²) in [6.07, 6.45) is 2.45. The van der Waals surface area contributed by atoms with Crippen molar-refractivity contribution in [2.75, 3.05) is 59.5 Å². The molecule has 2 aliphatic rings. The van der Waals surface area contributed by atoms with Gasteiger partial charge in [-0.2, -0.15) is 0 Å². The van der Waals surface area contributed by atoms with Gasteiger partial charge >= 0.3 is 0 Å². The quantitative estimate of drug-likeness (QED) is 0.425. The number of aliphatic imine (C=N–C) groups is 1. The Morgan fingerprint density at radius 3 is 2.81 bits per heavy atom. The van der Waals surface area contributed by atoms with E-state index in [1.165, 1.54) is 12.8 Å². The van der Waals surface area contributed by atoms with Crippen molar-refractivity contribution in [1.82, 2.24) is 15.1 Å². The molecule has 0 aromatic rings. The number of hydrogen-bond acceptors (Lipinski definition) is 3. The Balaban J connectivity index is 0.00000220. The fraction of sp³-hybridized carbons (Fsp3) is 0.933. The van der Waals surface area contributed by atoms with Gasteiger partial charge in [-0.25, -0.2) is 0 Å². The zero-order valence-electron chi connectivity index (χ0n) is 13.7. The molecule has 2 fully saturated rings. The summed E-state index contributed by atoms with van der Waals surface area (Å²) >= 11 is 0. The standard InChI is InChI=1S/C15H30N4O.HI/c1-4-16-14(17-8-10-18(3)5-2)19-9-6-15(12-19)7-11-20-13-15;/h4-13H2,1-3H3,(H,16,17);1H. The average Bonchev–Trinajstić information content (AvgIpc) is 3.08. The summed E-state index contributed by atoms with van der Waals surface area (Å²) in [4.78, 5) is 9.50. The highest BCUT2D eigenvalue weighted by molar-refractivity contribution is 14.0. The Morgan fingerprint density at radius 2 is 2.19 bits per heavy atom. The minimum atomic E-state index is 0. The summed E-state index contributed by atoms with van der Waals surface area (Å²) in [6.45, 7) is 12.3. The number of ether oxygens (including phenoxy) is 1. The largest absolute Gasteiger partial charge is 0.381 e. The van der Waals surface area contributed by atoms with E-state index >= 15 is 0 Å². The van der Waals surface area contributed by atoms with Crippen molar-refractivity contribution >= 4 is 29.9 Å². The molecular formula is C15H31IN4O. The number of nitrogens with one attached hydrogen (secondary N) is 1. The molecule has 5 nitrogen and oxygen atoms in total. The van der Waals surface area contributed by atoms with Crippen LogP contribution < -0.4 is 5.32 Å². The molecule has 2 aliphatic heterocycles. The normalized spacial score (nSPS) is 25.7. The summed E-state index contributed by atoms with van der Waals surface area (Å²) < 4.78 is 5.60. The number of likely N-dealkylation sites (N-methyl/N-ethyl adjacent to an activating group) is 1. The zero-order valence-corrected chi connectivity index (χ0v) is 16.1. The number of hydrogen-bond donors (Lipinski definition) is 1. The lowest BCUT2D eigenvalue weighted by molar-refractivity contribution is 0.156. The molecule has 1 N–H and O–H groups in total. The second-order valence-corrected chi connectivity index (χ2v) is 6.11. The SMILES string of the molecule is CCNC(=NCCN(C)CC)N1CCC2(CCOC2)C1.I. The van der Waals surface area contributed by atoms with Crippen LogP contribution in [0.25, 0.3) is 0 Å². The van der Waals surface area contributed by atoms with E-state index in [0.717, 1.165) is 58.4 Å². The highest BCUT2D eigenvalue weighted by Crippen LogP contribution is 2.38. The molecule has 2 heterocycles. The molecule has 2 rings (SSSR count). The molecular weight excluding hydrogens is 379 g/mol. The fourth-order valence-electron chi connectivity index (χ4n) is 3.00. The molecule has 0 aromatic carbocycles. The van der Waals surface area contributed by atoms with Crippen LogP contribution in [0.15, 0.2) is 4.99 Å². The second kappa shape index (κ2) is 9.15. The van der Waals surface area contributed by atoms with Crippen LogP contribution in [0, 0.1) is 5.41 Å². The smallest absolute Gasteiger partial charge is 0.193 e. The van der Waals surface area contributed by atoms with E-state index in [9.17, 15) is 0 Å². The number of guanidine groups is 1. The third-order valence-corrected chi connectivity index (χ3v) is 4.54. The van der Waals surface area contributed by atoms with Crippen LogP contribution >= 0.6 is 24.0 Å². The predicted molar refractivity (Wildman–Crippen MR) is 98.6 cm³/mol. The number of rotatable bonds is 5. The van der Waals surface area contributed by atoms with Crippen LogP contribution in [-0.4, -0.2) is 75.3 Å². The van der Waals surface area contributed by atoms with E-state index in [-0.39, 0.29) is 24.0 Å². The first-order valence-corrected chi connectivity index (χ1v) is 7.98. The second-order valence-electron chi connectivity index (χ2n) is 6.11. The van der Waals surface area contributed by atoms with Gasteiger partial charge in [-0.15, -0.1) is 24.0 Å². The lowest BCUT2D eigenvalue weighted by atomic mass is 9.87. The van der Waals surface area contributed by atoms with Gasteiger partial charge in [-0.3, -0.25) is 4.99 Å². The van der Waals surface area contributed by atoms with Crippen LogP contribution in [0.4, 0.5) is 0 Å². The lowest BCUT2D eigenvalue weighted by Crippen LogP contribution is -2.41. The molecule has 6 heteroatoms. The van der Waals surface area contributed by atoms with Crippen molar-refractivity contribution in [2.45, 2.75) is 26.7 Å². The van der Waals surface area contributed by atoms with Gasteiger partial charge in [-0.05, 0) is 33.4 Å². The predicted octanol–water partition coefficient (Wildman–Crippen LogP) is 1.63. The maximum atomic E-state index is 5.60.